The van der Waals surface area contributed by atoms with Crippen molar-refractivity contribution in [3.05, 3.63) is 53.5 Å². The number of methoxy groups -OCH3 is 1. The van der Waals surface area contributed by atoms with E-state index in [9.17, 15) is 0 Å². The predicted molar refractivity (Wildman–Crippen MR) is 68.1 cm³/mol. The average molecular weight is 247 g/mol. The summed E-state index contributed by atoms with van der Waals surface area (Å²) in [6.07, 6.45) is 1.63. The van der Waals surface area contributed by atoms with Gasteiger partial charge in [-0.25, -0.2) is 0 Å². The molecule has 2 aromatic rings. The minimum absolute atomic E-state index is 0.447. The Bertz CT molecular complexity index is 480. The van der Waals surface area contributed by atoms with Gasteiger partial charge in [0.25, 0.3) is 0 Å². The molecule has 0 amide bonds. The van der Waals surface area contributed by atoms with Gasteiger partial charge in [-0.15, -0.1) is 0 Å². The summed E-state index contributed by atoms with van der Waals surface area (Å²) in [6.45, 7) is 1.43. The maximum Gasteiger partial charge on any atom is 0.129 e. The normalized spacial score (nSPS) is 10.6. The summed E-state index contributed by atoms with van der Waals surface area (Å²) in [5.41, 5.74) is 7.67. The van der Waals surface area contributed by atoms with E-state index in [0.29, 0.717) is 19.8 Å². The highest BCUT2D eigenvalue weighted by molar-refractivity contribution is 5.36. The van der Waals surface area contributed by atoms with Crippen LogP contribution in [-0.2, 0) is 24.5 Å². The van der Waals surface area contributed by atoms with Crippen LogP contribution in [0.25, 0.3) is 0 Å². The van der Waals surface area contributed by atoms with Gasteiger partial charge in [0, 0.05) is 12.1 Å². The van der Waals surface area contributed by atoms with Crippen LogP contribution in [0.5, 0.6) is 5.75 Å². The van der Waals surface area contributed by atoms with Gasteiger partial charge in [0.2, 0.25) is 0 Å². The Kier molecular flexibility index (Phi) is 4.39. The second kappa shape index (κ2) is 6.23. The molecule has 0 saturated carbocycles. The molecule has 0 saturated heterocycles. The summed E-state index contributed by atoms with van der Waals surface area (Å²) in [5.74, 6) is 1.62. The molecule has 2 rings (SSSR count). The van der Waals surface area contributed by atoms with Crippen LogP contribution in [0.3, 0.4) is 0 Å². The molecule has 0 aliphatic carbocycles. The van der Waals surface area contributed by atoms with Crippen molar-refractivity contribution in [3.63, 3.8) is 0 Å². The molecule has 18 heavy (non-hydrogen) atoms. The van der Waals surface area contributed by atoms with Crippen molar-refractivity contribution in [2.45, 2.75) is 19.8 Å². The van der Waals surface area contributed by atoms with Crippen LogP contribution < -0.4 is 10.5 Å². The van der Waals surface area contributed by atoms with Gasteiger partial charge >= 0.3 is 0 Å². The molecular weight excluding hydrogens is 230 g/mol. The molecule has 0 aliphatic rings. The molecule has 4 nitrogen and oxygen atoms in total. The third-order valence-electron chi connectivity index (χ3n) is 2.66. The summed E-state index contributed by atoms with van der Waals surface area (Å²) in [5, 5.41) is 0. The van der Waals surface area contributed by atoms with E-state index in [0.717, 1.165) is 22.6 Å². The molecule has 0 fully saturated rings. The number of rotatable bonds is 6. The van der Waals surface area contributed by atoms with E-state index in [1.54, 1.807) is 13.4 Å². The molecule has 96 valence electrons. The van der Waals surface area contributed by atoms with Gasteiger partial charge < -0.3 is 19.6 Å². The van der Waals surface area contributed by atoms with Crippen LogP contribution in [0.2, 0.25) is 0 Å². The van der Waals surface area contributed by atoms with Gasteiger partial charge in [-0.2, -0.15) is 0 Å². The largest absolute Gasteiger partial charge is 0.496 e. The fraction of sp³-hybridized carbons (Fsp3) is 0.286. The number of hydrogen-bond acceptors (Lipinski definition) is 4. The van der Waals surface area contributed by atoms with Crippen molar-refractivity contribution in [1.29, 1.82) is 0 Å². The van der Waals surface area contributed by atoms with Crippen LogP contribution in [0, 0.1) is 0 Å². The van der Waals surface area contributed by atoms with Gasteiger partial charge in [0.15, 0.2) is 0 Å². The van der Waals surface area contributed by atoms with Crippen molar-refractivity contribution < 1.29 is 13.9 Å². The first kappa shape index (κ1) is 12.7. The molecule has 2 N–H and O–H groups in total. The first-order valence-corrected chi connectivity index (χ1v) is 5.79. The Morgan fingerprint density at radius 2 is 2.11 bits per heavy atom. The molecule has 0 unspecified atom stereocenters. The molecule has 1 aromatic heterocycles. The smallest absolute Gasteiger partial charge is 0.129 e. The third kappa shape index (κ3) is 3.12. The number of hydrogen-bond donors (Lipinski definition) is 1. The Morgan fingerprint density at radius 1 is 1.22 bits per heavy atom. The van der Waals surface area contributed by atoms with Gasteiger partial charge in [-0.3, -0.25) is 0 Å². The van der Waals surface area contributed by atoms with Gasteiger partial charge in [-0.05, 0) is 29.8 Å². The number of ether oxygens (including phenoxy) is 2. The lowest BCUT2D eigenvalue weighted by atomic mass is 10.1. The van der Waals surface area contributed by atoms with E-state index in [1.165, 1.54) is 0 Å². The Labute approximate surface area is 106 Å². The van der Waals surface area contributed by atoms with Gasteiger partial charge in [0.1, 0.15) is 18.1 Å². The fourth-order valence-corrected chi connectivity index (χ4v) is 1.73. The van der Waals surface area contributed by atoms with E-state index in [4.69, 9.17) is 19.6 Å². The lowest BCUT2D eigenvalue weighted by Gasteiger charge is -2.10. The van der Waals surface area contributed by atoms with E-state index in [1.807, 2.05) is 30.3 Å². The number of benzene rings is 1. The highest BCUT2D eigenvalue weighted by Gasteiger charge is 2.05. The highest BCUT2D eigenvalue weighted by atomic mass is 16.5. The summed E-state index contributed by atoms with van der Waals surface area (Å²) >= 11 is 0. The zero-order valence-electron chi connectivity index (χ0n) is 10.4. The van der Waals surface area contributed by atoms with E-state index in [-0.39, 0.29) is 0 Å². The van der Waals surface area contributed by atoms with Gasteiger partial charge in [-0.1, -0.05) is 6.07 Å². The Morgan fingerprint density at radius 3 is 2.78 bits per heavy atom. The molecule has 0 bridgehead atoms. The molecule has 0 aliphatic heterocycles. The molecule has 0 spiro atoms. The van der Waals surface area contributed by atoms with Crippen molar-refractivity contribution in [2.75, 3.05) is 7.11 Å². The van der Waals surface area contributed by atoms with Crippen LogP contribution >= 0.6 is 0 Å². The van der Waals surface area contributed by atoms with Crippen LogP contribution in [0.15, 0.2) is 41.0 Å². The molecular formula is C14H17NO3. The molecule has 1 heterocycles. The van der Waals surface area contributed by atoms with Crippen molar-refractivity contribution in [2.24, 2.45) is 5.73 Å². The maximum absolute atomic E-state index is 5.62. The minimum atomic E-state index is 0.447. The van der Waals surface area contributed by atoms with Crippen LogP contribution in [-0.4, -0.2) is 7.11 Å². The van der Waals surface area contributed by atoms with Crippen molar-refractivity contribution in [1.82, 2.24) is 0 Å². The average Bonchev–Trinajstić information content (AvgIpc) is 2.92. The topological polar surface area (TPSA) is 57.6 Å². The number of nitrogens with two attached hydrogens (primary N) is 1. The number of furan rings is 1. The molecule has 0 radical (unpaired) electrons. The third-order valence-corrected chi connectivity index (χ3v) is 2.66. The minimum Gasteiger partial charge on any atom is -0.496 e. The van der Waals surface area contributed by atoms with Crippen LogP contribution in [0.1, 0.15) is 16.9 Å². The molecule has 0 atom stereocenters. The zero-order valence-corrected chi connectivity index (χ0v) is 10.4. The monoisotopic (exact) mass is 247 g/mol. The quantitative estimate of drug-likeness (QED) is 0.852. The Balaban J connectivity index is 1.98. The molecule has 1 aromatic carbocycles. The summed E-state index contributed by atoms with van der Waals surface area (Å²) in [7, 11) is 1.65. The zero-order chi connectivity index (χ0) is 12.8. The van der Waals surface area contributed by atoms with Crippen molar-refractivity contribution >= 4 is 0 Å². The lowest BCUT2D eigenvalue weighted by Crippen LogP contribution is -2.01. The fourth-order valence-electron chi connectivity index (χ4n) is 1.73. The van der Waals surface area contributed by atoms with E-state index < -0.39 is 0 Å². The predicted octanol–water partition coefficient (Wildman–Crippen LogP) is 2.46. The lowest BCUT2D eigenvalue weighted by molar-refractivity contribution is 0.0913. The summed E-state index contributed by atoms with van der Waals surface area (Å²) in [6, 6.07) is 9.59. The standard InChI is InChI=1S/C14H17NO3/c1-16-14-5-4-11(8-15)7-12(14)9-17-10-13-3-2-6-18-13/h2-7H,8-10,15H2,1H3. The maximum atomic E-state index is 5.62. The van der Waals surface area contributed by atoms with Crippen LogP contribution in [0.4, 0.5) is 0 Å². The summed E-state index contributed by atoms with van der Waals surface area (Å²) < 4.78 is 16.1. The first-order valence-electron chi connectivity index (χ1n) is 5.79. The summed E-state index contributed by atoms with van der Waals surface area (Å²) in [4.78, 5) is 0. The second-order valence-corrected chi connectivity index (χ2v) is 3.92. The second-order valence-electron chi connectivity index (χ2n) is 3.92. The Hall–Kier alpha value is -1.78. The SMILES string of the molecule is COc1ccc(CN)cc1COCc1ccco1. The highest BCUT2D eigenvalue weighted by Crippen LogP contribution is 2.21. The molecule has 4 heteroatoms. The van der Waals surface area contributed by atoms with Crippen molar-refractivity contribution in [3.8, 4) is 5.75 Å². The van der Waals surface area contributed by atoms with E-state index in [2.05, 4.69) is 0 Å². The van der Waals surface area contributed by atoms with E-state index >= 15 is 0 Å². The van der Waals surface area contributed by atoms with Gasteiger partial charge in [0.05, 0.1) is 20.0 Å². The first-order chi connectivity index (χ1) is 8.83.